The molecule has 226 valence electrons. The molecular weight excluding hydrogens is 539 g/mol. The third-order valence-electron chi connectivity index (χ3n) is 9.65. The molecule has 0 radical (unpaired) electrons. The van der Waals surface area contributed by atoms with E-state index in [4.69, 9.17) is 0 Å². The lowest BCUT2D eigenvalue weighted by molar-refractivity contribution is -0.123. The van der Waals surface area contributed by atoms with Crippen LogP contribution in [-0.4, -0.2) is 53.8 Å². The SMILES string of the molecule is Cc1cccc(F)c1C(=O)N1CCC[C@H](C(=O)Nc2cccc(N3CCCC3)c2)[C@@H]1c1ccc(CN2CCCC2C)cc1. The van der Waals surface area contributed by atoms with Gasteiger partial charge in [0.15, 0.2) is 0 Å². The van der Waals surface area contributed by atoms with Crippen LogP contribution in [-0.2, 0) is 11.3 Å². The van der Waals surface area contributed by atoms with Gasteiger partial charge in [0, 0.05) is 43.6 Å². The number of halogens is 1. The van der Waals surface area contributed by atoms with E-state index < -0.39 is 17.8 Å². The summed E-state index contributed by atoms with van der Waals surface area (Å²) in [5.41, 5.74) is 4.69. The highest BCUT2D eigenvalue weighted by Crippen LogP contribution is 2.39. The van der Waals surface area contributed by atoms with Gasteiger partial charge in [0.05, 0.1) is 17.5 Å². The number of piperidine rings is 1. The number of anilines is 2. The van der Waals surface area contributed by atoms with Gasteiger partial charge in [-0.2, -0.15) is 0 Å². The van der Waals surface area contributed by atoms with Gasteiger partial charge >= 0.3 is 0 Å². The van der Waals surface area contributed by atoms with Gasteiger partial charge < -0.3 is 15.1 Å². The summed E-state index contributed by atoms with van der Waals surface area (Å²) in [7, 11) is 0. The van der Waals surface area contributed by atoms with Gasteiger partial charge in [0.2, 0.25) is 5.91 Å². The summed E-state index contributed by atoms with van der Waals surface area (Å²) in [6.07, 6.45) is 6.14. The molecule has 43 heavy (non-hydrogen) atoms. The van der Waals surface area contributed by atoms with E-state index in [1.165, 1.54) is 37.3 Å². The predicted molar refractivity (Wildman–Crippen MR) is 170 cm³/mol. The highest BCUT2D eigenvalue weighted by molar-refractivity contribution is 5.98. The molecule has 3 aliphatic heterocycles. The predicted octanol–water partition coefficient (Wildman–Crippen LogP) is 6.95. The maximum atomic E-state index is 15.0. The Kier molecular flexibility index (Phi) is 8.80. The van der Waals surface area contributed by atoms with E-state index in [1.54, 1.807) is 24.0 Å². The topological polar surface area (TPSA) is 55.9 Å². The summed E-state index contributed by atoms with van der Waals surface area (Å²) in [6.45, 7) is 8.57. The van der Waals surface area contributed by atoms with Gasteiger partial charge in [-0.1, -0.05) is 42.5 Å². The van der Waals surface area contributed by atoms with Crippen LogP contribution in [0.15, 0.2) is 66.7 Å². The second-order valence-corrected chi connectivity index (χ2v) is 12.6. The zero-order chi connectivity index (χ0) is 29.9. The first kappa shape index (κ1) is 29.4. The van der Waals surface area contributed by atoms with Crippen molar-refractivity contribution in [3.63, 3.8) is 0 Å². The molecule has 1 unspecified atom stereocenters. The summed E-state index contributed by atoms with van der Waals surface area (Å²) in [5, 5.41) is 3.18. The molecule has 3 aliphatic rings. The molecule has 0 spiro atoms. The summed E-state index contributed by atoms with van der Waals surface area (Å²) < 4.78 is 15.0. The number of likely N-dealkylation sites (tertiary alicyclic amines) is 2. The van der Waals surface area contributed by atoms with Gasteiger partial charge in [-0.3, -0.25) is 14.5 Å². The fraction of sp³-hybridized carbons (Fsp3) is 0.444. The smallest absolute Gasteiger partial charge is 0.257 e. The van der Waals surface area contributed by atoms with Crippen molar-refractivity contribution in [1.82, 2.24) is 9.80 Å². The number of rotatable bonds is 7. The molecule has 6 nitrogen and oxygen atoms in total. The summed E-state index contributed by atoms with van der Waals surface area (Å²) in [6, 6.07) is 21.2. The number of carbonyl (C=O) groups is 2. The van der Waals surface area contributed by atoms with Crippen LogP contribution in [0.4, 0.5) is 15.8 Å². The minimum Gasteiger partial charge on any atom is -0.371 e. The molecule has 3 saturated heterocycles. The first-order valence-corrected chi connectivity index (χ1v) is 15.9. The molecule has 3 fully saturated rings. The standard InChI is InChI=1S/C36H43FN4O2/c1-25-9-5-14-32(37)33(25)36(43)41-22-8-13-31(35(42)38-29-11-6-12-30(23-29)39-19-3-4-20-39)34(41)28-17-15-27(16-18-28)24-40-21-7-10-26(40)2/h5-6,9,11-12,14-18,23,26,31,34H,3-4,7-8,10,13,19-22,24H2,1-2H3,(H,38,42)/t26?,31-,34-/m0/s1. The lowest BCUT2D eigenvalue weighted by Gasteiger charge is -2.41. The van der Waals surface area contributed by atoms with Crippen LogP contribution in [0.5, 0.6) is 0 Å². The molecule has 1 N–H and O–H groups in total. The third-order valence-corrected chi connectivity index (χ3v) is 9.65. The molecule has 0 aromatic heterocycles. The van der Waals surface area contributed by atoms with Crippen molar-refractivity contribution in [1.29, 1.82) is 0 Å². The molecule has 7 heteroatoms. The molecule has 0 saturated carbocycles. The van der Waals surface area contributed by atoms with Crippen molar-refractivity contribution in [2.45, 2.75) is 71.0 Å². The van der Waals surface area contributed by atoms with Crippen LogP contribution in [0.2, 0.25) is 0 Å². The van der Waals surface area contributed by atoms with Crippen molar-refractivity contribution in [3.05, 3.63) is 94.8 Å². The molecule has 2 amide bonds. The number of nitrogens with one attached hydrogen (secondary N) is 1. The third kappa shape index (κ3) is 6.32. The van der Waals surface area contributed by atoms with Crippen molar-refractivity contribution >= 4 is 23.2 Å². The van der Waals surface area contributed by atoms with Crippen LogP contribution in [0.1, 0.15) is 78.5 Å². The summed E-state index contributed by atoms with van der Waals surface area (Å²) in [5.74, 6) is -1.46. The summed E-state index contributed by atoms with van der Waals surface area (Å²) in [4.78, 5) is 34.6. The Morgan fingerprint density at radius 2 is 1.63 bits per heavy atom. The molecular formula is C36H43FN4O2. The van der Waals surface area contributed by atoms with Crippen molar-refractivity contribution in [2.75, 3.05) is 36.4 Å². The molecule has 6 rings (SSSR count). The Morgan fingerprint density at radius 3 is 2.35 bits per heavy atom. The molecule has 3 aromatic rings. The number of hydrogen-bond donors (Lipinski definition) is 1. The van der Waals surface area contributed by atoms with Gasteiger partial charge in [-0.05, 0) is 99.9 Å². The van der Waals surface area contributed by atoms with E-state index in [-0.39, 0.29) is 17.4 Å². The number of benzene rings is 3. The van der Waals surface area contributed by atoms with Crippen LogP contribution < -0.4 is 10.2 Å². The quantitative estimate of drug-likeness (QED) is 0.328. The Balaban J connectivity index is 1.29. The van der Waals surface area contributed by atoms with Crippen LogP contribution in [0.3, 0.4) is 0 Å². The molecule has 0 aliphatic carbocycles. The Bertz CT molecular complexity index is 1430. The highest BCUT2D eigenvalue weighted by Gasteiger charge is 2.40. The van der Waals surface area contributed by atoms with Crippen molar-refractivity contribution in [3.8, 4) is 0 Å². The molecule has 3 atom stereocenters. The Morgan fingerprint density at radius 1 is 0.884 bits per heavy atom. The van der Waals surface area contributed by atoms with Crippen LogP contribution >= 0.6 is 0 Å². The second kappa shape index (κ2) is 12.9. The normalized spacial score (nSPS) is 22.6. The van der Waals surface area contributed by atoms with E-state index in [2.05, 4.69) is 52.4 Å². The van der Waals surface area contributed by atoms with Gasteiger partial charge in [0.1, 0.15) is 5.82 Å². The van der Waals surface area contributed by atoms with Crippen molar-refractivity contribution < 1.29 is 14.0 Å². The minimum absolute atomic E-state index is 0.0894. The van der Waals surface area contributed by atoms with E-state index >= 15 is 4.39 Å². The molecule has 3 aromatic carbocycles. The highest BCUT2D eigenvalue weighted by atomic mass is 19.1. The van der Waals surface area contributed by atoms with E-state index in [0.29, 0.717) is 31.0 Å². The average molecular weight is 583 g/mol. The number of aryl methyl sites for hydroxylation is 1. The van der Waals surface area contributed by atoms with Gasteiger partial charge in [-0.15, -0.1) is 0 Å². The molecule has 0 bridgehead atoms. The zero-order valence-corrected chi connectivity index (χ0v) is 25.4. The largest absolute Gasteiger partial charge is 0.371 e. The second-order valence-electron chi connectivity index (χ2n) is 12.6. The fourth-order valence-corrected chi connectivity index (χ4v) is 7.23. The lowest BCUT2D eigenvalue weighted by atomic mass is 9.83. The minimum atomic E-state index is -0.524. The average Bonchev–Trinajstić information content (AvgIpc) is 3.70. The van der Waals surface area contributed by atoms with Gasteiger partial charge in [0.25, 0.3) is 5.91 Å². The molecule has 3 heterocycles. The Labute approximate surface area is 254 Å². The first-order chi connectivity index (χ1) is 20.9. The number of nitrogens with zero attached hydrogens (tertiary/aromatic N) is 3. The first-order valence-electron chi connectivity index (χ1n) is 15.9. The maximum Gasteiger partial charge on any atom is 0.257 e. The number of hydrogen-bond acceptors (Lipinski definition) is 4. The van der Waals surface area contributed by atoms with Crippen LogP contribution in [0, 0.1) is 18.7 Å². The monoisotopic (exact) mass is 582 g/mol. The summed E-state index contributed by atoms with van der Waals surface area (Å²) >= 11 is 0. The number of carbonyl (C=O) groups excluding carboxylic acids is 2. The number of amides is 2. The van der Waals surface area contributed by atoms with Crippen molar-refractivity contribution in [2.24, 2.45) is 5.92 Å². The zero-order valence-electron chi connectivity index (χ0n) is 25.4. The maximum absolute atomic E-state index is 15.0. The van der Waals surface area contributed by atoms with Gasteiger partial charge in [-0.25, -0.2) is 4.39 Å². The van der Waals surface area contributed by atoms with Crippen LogP contribution in [0.25, 0.3) is 0 Å². The van der Waals surface area contributed by atoms with E-state index in [0.717, 1.165) is 43.1 Å². The lowest BCUT2D eigenvalue weighted by Crippen LogP contribution is -2.46. The Hall–Kier alpha value is -3.71. The van der Waals surface area contributed by atoms with E-state index in [9.17, 15) is 9.59 Å². The fourth-order valence-electron chi connectivity index (χ4n) is 7.23. The van der Waals surface area contributed by atoms with E-state index in [1.807, 2.05) is 18.2 Å².